The number of nitrogens with one attached hydrogen (secondary N) is 1. The Morgan fingerprint density at radius 1 is 1.24 bits per heavy atom. The third-order valence-corrected chi connectivity index (χ3v) is 5.56. The van der Waals surface area contributed by atoms with Gasteiger partial charge in [0.05, 0.1) is 18.1 Å². The Morgan fingerprint density at radius 3 is 2.55 bits per heavy atom. The molecule has 1 aliphatic heterocycles. The van der Waals surface area contributed by atoms with E-state index in [0.29, 0.717) is 23.6 Å². The monoisotopic (exact) mass is 433 g/mol. The molecule has 0 bridgehead atoms. The minimum atomic E-state index is -0.315. The summed E-state index contributed by atoms with van der Waals surface area (Å²) in [7, 11) is 0. The summed E-state index contributed by atoms with van der Waals surface area (Å²) in [5.74, 6) is 2.14. The van der Waals surface area contributed by atoms with Crippen LogP contribution in [0.4, 0.5) is 5.69 Å². The summed E-state index contributed by atoms with van der Waals surface area (Å²) >= 11 is 8.03. The zero-order valence-corrected chi connectivity index (χ0v) is 18.1. The number of carbonyl (C=O) groups is 2. The first-order valence-corrected chi connectivity index (χ1v) is 11.0. The summed E-state index contributed by atoms with van der Waals surface area (Å²) in [5, 5.41) is 3.10. The number of rotatable bonds is 6. The average Bonchev–Trinajstić information content (AvgIpc) is 2.71. The van der Waals surface area contributed by atoms with Crippen LogP contribution in [0.5, 0.6) is 5.88 Å². The van der Waals surface area contributed by atoms with E-state index < -0.39 is 0 Å². The second-order valence-corrected chi connectivity index (χ2v) is 8.63. The van der Waals surface area contributed by atoms with Gasteiger partial charge in [-0.05, 0) is 37.6 Å². The number of anilines is 1. The van der Waals surface area contributed by atoms with Crippen LogP contribution in [0.15, 0.2) is 36.5 Å². The lowest BCUT2D eigenvalue weighted by molar-refractivity contribution is -0.130. The van der Waals surface area contributed by atoms with Crippen LogP contribution in [-0.2, 0) is 11.2 Å². The number of halogens is 1. The molecule has 154 valence electrons. The van der Waals surface area contributed by atoms with E-state index >= 15 is 0 Å². The van der Waals surface area contributed by atoms with Crippen LogP contribution >= 0.6 is 23.4 Å². The van der Waals surface area contributed by atoms with Crippen molar-refractivity contribution in [1.29, 1.82) is 0 Å². The summed E-state index contributed by atoms with van der Waals surface area (Å²) in [6.45, 7) is 5.38. The van der Waals surface area contributed by atoms with Crippen molar-refractivity contribution in [2.75, 3.05) is 29.9 Å². The average molecular weight is 434 g/mol. The smallest absolute Gasteiger partial charge is 0.257 e. The fourth-order valence-corrected chi connectivity index (χ4v) is 3.98. The number of hydrogen-bond donors (Lipinski definition) is 1. The molecule has 2 amide bonds. The Kier molecular flexibility index (Phi) is 7.39. The van der Waals surface area contributed by atoms with Gasteiger partial charge < -0.3 is 15.0 Å². The quantitative estimate of drug-likeness (QED) is 0.748. The van der Waals surface area contributed by atoms with Crippen LogP contribution in [0.2, 0.25) is 5.02 Å². The molecule has 1 aromatic heterocycles. The maximum absolute atomic E-state index is 12.5. The van der Waals surface area contributed by atoms with E-state index in [9.17, 15) is 9.59 Å². The predicted molar refractivity (Wildman–Crippen MR) is 117 cm³/mol. The van der Waals surface area contributed by atoms with E-state index in [1.807, 2.05) is 42.6 Å². The molecule has 1 N–H and O–H groups in total. The number of aromatic nitrogens is 1. The van der Waals surface area contributed by atoms with E-state index in [-0.39, 0.29) is 22.9 Å². The molecule has 6 nitrogen and oxygen atoms in total. The van der Waals surface area contributed by atoms with Gasteiger partial charge in [-0.1, -0.05) is 23.7 Å². The highest BCUT2D eigenvalue weighted by molar-refractivity contribution is 7.99. The molecule has 0 spiro atoms. The summed E-state index contributed by atoms with van der Waals surface area (Å²) < 4.78 is 5.48. The highest BCUT2D eigenvalue weighted by atomic mass is 35.5. The molecule has 8 heteroatoms. The van der Waals surface area contributed by atoms with Gasteiger partial charge in [0.25, 0.3) is 5.91 Å². The minimum Gasteiger partial charge on any atom is -0.474 e. The summed E-state index contributed by atoms with van der Waals surface area (Å²) in [6.07, 6.45) is 1.75. The van der Waals surface area contributed by atoms with Crippen molar-refractivity contribution in [2.24, 2.45) is 0 Å². The minimum absolute atomic E-state index is 0.0566. The molecule has 0 aliphatic carbocycles. The van der Waals surface area contributed by atoms with Crippen LogP contribution in [0.1, 0.15) is 29.8 Å². The molecule has 0 atom stereocenters. The Balaban J connectivity index is 1.58. The number of amides is 2. The lowest BCUT2D eigenvalue weighted by Gasteiger charge is -2.26. The largest absolute Gasteiger partial charge is 0.474 e. The first-order chi connectivity index (χ1) is 13.9. The molecule has 3 rings (SSSR count). The molecule has 1 fully saturated rings. The zero-order valence-electron chi connectivity index (χ0n) is 16.5. The molecule has 1 aliphatic rings. The van der Waals surface area contributed by atoms with Gasteiger partial charge in [0.2, 0.25) is 11.8 Å². The normalized spacial score (nSPS) is 14.0. The van der Waals surface area contributed by atoms with Gasteiger partial charge in [-0.15, -0.1) is 0 Å². The van der Waals surface area contributed by atoms with Gasteiger partial charge >= 0.3 is 0 Å². The number of hydrogen-bond acceptors (Lipinski definition) is 5. The highest BCUT2D eigenvalue weighted by Crippen LogP contribution is 2.24. The summed E-state index contributed by atoms with van der Waals surface area (Å²) in [4.78, 5) is 30.8. The van der Waals surface area contributed by atoms with E-state index in [0.717, 1.165) is 30.2 Å². The second-order valence-electron chi connectivity index (χ2n) is 7.00. The van der Waals surface area contributed by atoms with Crippen molar-refractivity contribution in [2.45, 2.75) is 26.4 Å². The van der Waals surface area contributed by atoms with Gasteiger partial charge in [0.1, 0.15) is 5.02 Å². The maximum atomic E-state index is 12.5. The van der Waals surface area contributed by atoms with Crippen molar-refractivity contribution < 1.29 is 14.3 Å². The van der Waals surface area contributed by atoms with Crippen molar-refractivity contribution in [3.8, 4) is 5.88 Å². The standard InChI is InChI=1S/C21H24ClN3O3S/c1-14(2)28-21-18(22)12-16(13-23-21)20(27)24-17-5-3-15(4-6-17)11-19(26)25-7-9-29-10-8-25/h3-6,12-14H,7-11H2,1-2H3,(H,24,27). The first-order valence-electron chi connectivity index (χ1n) is 9.50. The third-order valence-electron chi connectivity index (χ3n) is 4.35. The summed E-state index contributed by atoms with van der Waals surface area (Å²) in [6, 6.07) is 8.83. The van der Waals surface area contributed by atoms with Crippen molar-refractivity contribution >= 4 is 40.9 Å². The van der Waals surface area contributed by atoms with Crippen LogP contribution in [0.25, 0.3) is 0 Å². The molecule has 1 aromatic carbocycles. The molecule has 2 aromatic rings. The third kappa shape index (κ3) is 6.11. The molecular weight excluding hydrogens is 410 g/mol. The van der Waals surface area contributed by atoms with Gasteiger partial charge in [-0.3, -0.25) is 9.59 Å². The fourth-order valence-electron chi connectivity index (χ4n) is 2.87. The maximum Gasteiger partial charge on any atom is 0.257 e. The molecule has 2 heterocycles. The van der Waals surface area contributed by atoms with Gasteiger partial charge in [0.15, 0.2) is 0 Å². The highest BCUT2D eigenvalue weighted by Gasteiger charge is 2.17. The zero-order chi connectivity index (χ0) is 20.8. The molecule has 29 heavy (non-hydrogen) atoms. The van der Waals surface area contributed by atoms with Crippen LogP contribution in [0, 0.1) is 0 Å². The first kappa shape index (κ1) is 21.5. The van der Waals surface area contributed by atoms with Gasteiger partial charge in [-0.25, -0.2) is 4.98 Å². The van der Waals surface area contributed by atoms with Crippen LogP contribution in [0.3, 0.4) is 0 Å². The van der Waals surface area contributed by atoms with Gasteiger partial charge in [-0.2, -0.15) is 11.8 Å². The molecule has 0 unspecified atom stereocenters. The molecule has 0 saturated carbocycles. The summed E-state index contributed by atoms with van der Waals surface area (Å²) in [5.41, 5.74) is 1.90. The van der Waals surface area contributed by atoms with Crippen LogP contribution in [-0.4, -0.2) is 52.4 Å². The number of pyridine rings is 1. The fraction of sp³-hybridized carbons (Fsp3) is 0.381. The Labute approximate surface area is 180 Å². The van der Waals surface area contributed by atoms with Crippen molar-refractivity contribution in [3.05, 3.63) is 52.7 Å². The van der Waals surface area contributed by atoms with Gasteiger partial charge in [0, 0.05) is 36.5 Å². The number of thioether (sulfide) groups is 1. The van der Waals surface area contributed by atoms with E-state index in [1.54, 1.807) is 12.1 Å². The number of nitrogens with zero attached hydrogens (tertiary/aromatic N) is 2. The molecule has 0 radical (unpaired) electrons. The predicted octanol–water partition coefficient (Wildman–Crippen LogP) is 3.89. The lowest BCUT2D eigenvalue weighted by atomic mass is 10.1. The number of ether oxygens (including phenoxy) is 1. The van der Waals surface area contributed by atoms with E-state index in [2.05, 4.69) is 10.3 Å². The Morgan fingerprint density at radius 2 is 1.93 bits per heavy atom. The number of carbonyl (C=O) groups excluding carboxylic acids is 2. The lowest BCUT2D eigenvalue weighted by Crippen LogP contribution is -2.38. The van der Waals surface area contributed by atoms with E-state index in [4.69, 9.17) is 16.3 Å². The molecule has 1 saturated heterocycles. The van der Waals surface area contributed by atoms with Crippen molar-refractivity contribution in [1.82, 2.24) is 9.88 Å². The SMILES string of the molecule is CC(C)Oc1ncc(C(=O)Nc2ccc(CC(=O)N3CCSCC3)cc2)cc1Cl. The Hall–Kier alpha value is -2.25. The van der Waals surface area contributed by atoms with Crippen LogP contribution < -0.4 is 10.1 Å². The van der Waals surface area contributed by atoms with Crippen molar-refractivity contribution in [3.63, 3.8) is 0 Å². The van der Waals surface area contributed by atoms with E-state index in [1.165, 1.54) is 12.3 Å². The second kappa shape index (κ2) is 9.98. The molecular formula is C21H24ClN3O3S. The number of benzene rings is 1. The topological polar surface area (TPSA) is 71.5 Å². The Bertz CT molecular complexity index is 868.